The first kappa shape index (κ1) is 21.0. The van der Waals surface area contributed by atoms with Gasteiger partial charge in [0.2, 0.25) is 6.41 Å². The third-order valence-corrected chi connectivity index (χ3v) is 6.27. The van der Waals surface area contributed by atoms with Crippen molar-refractivity contribution in [3.05, 3.63) is 63.5 Å². The maximum Gasteiger partial charge on any atom is 0.264 e. The molecule has 0 atom stereocenters. The second-order valence-corrected chi connectivity index (χ2v) is 8.56. The largest absolute Gasteiger partial charge is 0.375 e. The monoisotopic (exact) mass is 438 g/mol. The number of hydrogen-bond donors (Lipinski definition) is 0. The highest BCUT2D eigenvalue weighted by Crippen LogP contribution is 2.45. The van der Waals surface area contributed by atoms with Crippen molar-refractivity contribution < 1.29 is 14.0 Å². The zero-order chi connectivity index (χ0) is 22.3. The Morgan fingerprint density at radius 1 is 1.26 bits per heavy atom. The van der Waals surface area contributed by atoms with Gasteiger partial charge in [-0.25, -0.2) is 9.37 Å². The van der Waals surface area contributed by atoms with Crippen LogP contribution in [0.2, 0.25) is 0 Å². The SMILES string of the molecule is Cc1csc(C2=CCCn3c2c(N(C)C)c(C(=O)N(C)C=O)c3-c2cccc(F)c2)n1. The van der Waals surface area contributed by atoms with Gasteiger partial charge in [-0.2, -0.15) is 0 Å². The quantitative estimate of drug-likeness (QED) is 0.561. The van der Waals surface area contributed by atoms with Gasteiger partial charge in [0.25, 0.3) is 5.91 Å². The number of rotatable bonds is 5. The van der Waals surface area contributed by atoms with Crippen molar-refractivity contribution in [2.45, 2.75) is 19.9 Å². The van der Waals surface area contributed by atoms with E-state index in [1.165, 1.54) is 19.2 Å². The first-order valence-electron chi connectivity index (χ1n) is 9.88. The Morgan fingerprint density at radius 3 is 2.65 bits per heavy atom. The predicted octanol–water partition coefficient (Wildman–Crippen LogP) is 4.19. The lowest BCUT2D eigenvalue weighted by atomic mass is 10.0. The topological polar surface area (TPSA) is 58.4 Å². The van der Waals surface area contributed by atoms with Gasteiger partial charge in [-0.1, -0.05) is 18.2 Å². The third-order valence-electron chi connectivity index (χ3n) is 5.28. The third kappa shape index (κ3) is 3.57. The minimum atomic E-state index is -0.436. The Hall–Kier alpha value is -3.26. The van der Waals surface area contributed by atoms with E-state index in [1.807, 2.05) is 31.3 Å². The molecule has 2 aromatic heterocycles. The lowest BCUT2D eigenvalue weighted by molar-refractivity contribution is -0.115. The molecule has 1 aliphatic heterocycles. The lowest BCUT2D eigenvalue weighted by Crippen LogP contribution is -2.27. The van der Waals surface area contributed by atoms with E-state index < -0.39 is 5.91 Å². The van der Waals surface area contributed by atoms with E-state index in [-0.39, 0.29) is 5.82 Å². The van der Waals surface area contributed by atoms with Crippen LogP contribution in [0, 0.1) is 12.7 Å². The van der Waals surface area contributed by atoms with Crippen LogP contribution < -0.4 is 4.90 Å². The normalized spacial score (nSPS) is 12.9. The van der Waals surface area contributed by atoms with Gasteiger partial charge >= 0.3 is 0 Å². The number of fused-ring (bicyclic) bond motifs is 1. The molecule has 3 aromatic rings. The van der Waals surface area contributed by atoms with Crippen LogP contribution in [0.15, 0.2) is 35.7 Å². The van der Waals surface area contributed by atoms with Crippen LogP contribution in [0.3, 0.4) is 0 Å². The van der Waals surface area contributed by atoms with E-state index in [0.717, 1.165) is 33.3 Å². The van der Waals surface area contributed by atoms with Gasteiger partial charge in [-0.3, -0.25) is 14.5 Å². The number of thiazole rings is 1. The number of allylic oxidation sites excluding steroid dienone is 1. The van der Waals surface area contributed by atoms with Crippen molar-refractivity contribution in [1.29, 1.82) is 0 Å². The molecule has 0 bridgehead atoms. The number of anilines is 1. The molecule has 0 unspecified atom stereocenters. The standard InChI is InChI=1S/C23H23FN4O2S/c1-14-12-31-22(25-14)17-9-6-10-28-19(15-7-5-8-16(24)11-15)18(23(30)27(4)13-29)21(20(17)28)26(2)3/h5,7-9,11-13H,6,10H2,1-4H3. The summed E-state index contributed by atoms with van der Waals surface area (Å²) in [6, 6.07) is 6.21. The maximum atomic E-state index is 14.2. The molecule has 6 nitrogen and oxygen atoms in total. The van der Waals surface area contributed by atoms with Gasteiger partial charge in [0.15, 0.2) is 0 Å². The number of imide groups is 1. The van der Waals surface area contributed by atoms with Gasteiger partial charge in [0, 0.05) is 49.9 Å². The van der Waals surface area contributed by atoms with Crippen LogP contribution >= 0.6 is 11.3 Å². The number of amides is 2. The molecule has 31 heavy (non-hydrogen) atoms. The minimum Gasteiger partial charge on any atom is -0.375 e. The van der Waals surface area contributed by atoms with E-state index in [2.05, 4.69) is 15.6 Å². The number of aromatic nitrogens is 2. The molecule has 1 aliphatic rings. The second kappa shape index (κ2) is 8.11. The molecule has 0 spiro atoms. The molecule has 0 aliphatic carbocycles. The molecule has 0 saturated heterocycles. The molecule has 0 N–H and O–H groups in total. The zero-order valence-electron chi connectivity index (χ0n) is 17.8. The van der Waals surface area contributed by atoms with Crippen molar-refractivity contribution in [2.24, 2.45) is 0 Å². The average molecular weight is 439 g/mol. The number of hydrogen-bond acceptors (Lipinski definition) is 5. The van der Waals surface area contributed by atoms with Crippen LogP contribution in [0.25, 0.3) is 16.8 Å². The summed E-state index contributed by atoms with van der Waals surface area (Å²) >= 11 is 1.55. The maximum absolute atomic E-state index is 14.2. The predicted molar refractivity (Wildman–Crippen MR) is 121 cm³/mol. The minimum absolute atomic E-state index is 0.376. The molecule has 4 rings (SSSR count). The molecular formula is C23H23FN4O2S. The van der Waals surface area contributed by atoms with Crippen LogP contribution in [0.4, 0.5) is 10.1 Å². The van der Waals surface area contributed by atoms with Crippen molar-refractivity contribution in [3.8, 4) is 11.3 Å². The summed E-state index contributed by atoms with van der Waals surface area (Å²) in [5.41, 5.74) is 4.99. The molecule has 160 valence electrons. The molecule has 0 fully saturated rings. The summed E-state index contributed by atoms with van der Waals surface area (Å²) < 4.78 is 16.2. The summed E-state index contributed by atoms with van der Waals surface area (Å²) in [6.07, 6.45) is 3.38. The summed E-state index contributed by atoms with van der Waals surface area (Å²) in [5, 5.41) is 2.86. The van der Waals surface area contributed by atoms with Crippen LogP contribution in [0.5, 0.6) is 0 Å². The number of benzene rings is 1. The first-order chi connectivity index (χ1) is 14.8. The van der Waals surface area contributed by atoms with Gasteiger partial charge in [0.1, 0.15) is 10.8 Å². The van der Waals surface area contributed by atoms with Crippen LogP contribution in [0.1, 0.15) is 33.2 Å². The summed E-state index contributed by atoms with van der Waals surface area (Å²) in [4.78, 5) is 32.4. The van der Waals surface area contributed by atoms with Crippen LogP contribution in [-0.2, 0) is 11.3 Å². The van der Waals surface area contributed by atoms with E-state index >= 15 is 0 Å². The smallest absolute Gasteiger partial charge is 0.264 e. The Balaban J connectivity index is 2.09. The van der Waals surface area contributed by atoms with E-state index in [1.54, 1.807) is 23.5 Å². The van der Waals surface area contributed by atoms with Crippen molar-refractivity contribution in [3.63, 3.8) is 0 Å². The molecule has 0 saturated carbocycles. The number of carbonyl (C=O) groups excluding carboxylic acids is 2. The summed E-state index contributed by atoms with van der Waals surface area (Å²) in [6.45, 7) is 2.58. The molecule has 8 heteroatoms. The first-order valence-corrected chi connectivity index (χ1v) is 10.8. The number of carbonyl (C=O) groups is 2. The molecular weight excluding hydrogens is 415 g/mol. The second-order valence-electron chi connectivity index (χ2n) is 7.70. The van der Waals surface area contributed by atoms with Crippen molar-refractivity contribution in [2.75, 3.05) is 26.0 Å². The number of aryl methyl sites for hydroxylation is 1. The van der Waals surface area contributed by atoms with Gasteiger partial charge in [-0.05, 0) is 25.5 Å². The Kier molecular flexibility index (Phi) is 5.49. The molecule has 0 radical (unpaired) electrons. The van der Waals surface area contributed by atoms with Crippen molar-refractivity contribution >= 4 is 34.9 Å². The number of nitrogens with zero attached hydrogens (tertiary/aromatic N) is 4. The van der Waals surface area contributed by atoms with E-state index in [4.69, 9.17) is 0 Å². The summed E-state index contributed by atoms with van der Waals surface area (Å²) in [5.74, 6) is -0.821. The van der Waals surface area contributed by atoms with Gasteiger partial charge < -0.3 is 9.47 Å². The highest BCUT2D eigenvalue weighted by Gasteiger charge is 2.34. The average Bonchev–Trinajstić information content (AvgIpc) is 3.33. The lowest BCUT2D eigenvalue weighted by Gasteiger charge is -2.22. The van der Waals surface area contributed by atoms with Crippen molar-refractivity contribution in [1.82, 2.24) is 14.5 Å². The fraction of sp³-hybridized carbons (Fsp3) is 0.261. The highest BCUT2D eigenvalue weighted by molar-refractivity contribution is 7.10. The Labute approximate surface area is 184 Å². The fourth-order valence-corrected chi connectivity index (χ4v) is 4.84. The van der Waals surface area contributed by atoms with E-state index in [9.17, 15) is 14.0 Å². The Bertz CT molecular complexity index is 1210. The molecule has 2 amide bonds. The van der Waals surface area contributed by atoms with Crippen LogP contribution in [-0.4, -0.2) is 47.9 Å². The van der Waals surface area contributed by atoms with Gasteiger partial charge in [0.05, 0.1) is 22.6 Å². The zero-order valence-corrected chi connectivity index (χ0v) is 18.7. The molecule has 1 aromatic carbocycles. The fourth-order valence-electron chi connectivity index (χ4n) is 4.00. The molecule has 3 heterocycles. The highest BCUT2D eigenvalue weighted by atomic mass is 32.1. The van der Waals surface area contributed by atoms with E-state index in [0.29, 0.717) is 35.5 Å². The van der Waals surface area contributed by atoms with Gasteiger partial charge in [-0.15, -0.1) is 11.3 Å². The Morgan fingerprint density at radius 2 is 2.03 bits per heavy atom. The summed E-state index contributed by atoms with van der Waals surface area (Å²) in [7, 11) is 5.16. The number of halogens is 1.